The highest BCUT2D eigenvalue weighted by molar-refractivity contribution is 6.03. The summed E-state index contributed by atoms with van der Waals surface area (Å²) in [5.74, 6) is 1.74. The van der Waals surface area contributed by atoms with Crippen LogP contribution in [0.25, 0.3) is 6.08 Å². The summed E-state index contributed by atoms with van der Waals surface area (Å²) in [7, 11) is 1.60. The Morgan fingerprint density at radius 1 is 1.06 bits per heavy atom. The maximum absolute atomic E-state index is 12.6. The number of hydrogen-bond donors (Lipinski definition) is 1. The first kappa shape index (κ1) is 22.5. The normalized spacial score (nSPS) is 13.8. The van der Waals surface area contributed by atoms with E-state index in [0.717, 1.165) is 24.3 Å². The van der Waals surface area contributed by atoms with Crippen molar-refractivity contribution in [2.75, 3.05) is 56.8 Å². The Hall–Kier alpha value is -3.19. The highest BCUT2D eigenvalue weighted by atomic mass is 16.5. The first-order valence-electron chi connectivity index (χ1n) is 10.5. The van der Waals surface area contributed by atoms with Gasteiger partial charge in [-0.1, -0.05) is 18.2 Å². The van der Waals surface area contributed by atoms with Gasteiger partial charge in [0.2, 0.25) is 5.91 Å². The number of carbonyl (C=O) groups excluding carboxylic acids is 1. The zero-order valence-electron chi connectivity index (χ0n) is 18.3. The molecule has 1 amide bonds. The van der Waals surface area contributed by atoms with E-state index in [1.807, 2.05) is 50.2 Å². The quantitative estimate of drug-likeness (QED) is 0.612. The van der Waals surface area contributed by atoms with Crippen molar-refractivity contribution in [2.45, 2.75) is 13.8 Å². The van der Waals surface area contributed by atoms with Crippen LogP contribution in [-0.4, -0.2) is 52.5 Å². The Morgan fingerprint density at radius 2 is 1.77 bits per heavy atom. The summed E-state index contributed by atoms with van der Waals surface area (Å²) in [6.45, 7) is 7.75. The summed E-state index contributed by atoms with van der Waals surface area (Å²) < 4.78 is 22.5. The molecule has 0 bridgehead atoms. The van der Waals surface area contributed by atoms with Crippen LogP contribution >= 0.6 is 0 Å². The number of rotatable bonds is 9. The minimum atomic E-state index is -0.270. The molecule has 7 heteroatoms. The zero-order chi connectivity index (χ0) is 22.1. The number of amides is 1. The van der Waals surface area contributed by atoms with Crippen LogP contribution in [0.5, 0.6) is 17.2 Å². The molecule has 31 heavy (non-hydrogen) atoms. The van der Waals surface area contributed by atoms with Crippen LogP contribution < -0.4 is 24.4 Å². The first-order valence-corrected chi connectivity index (χ1v) is 10.5. The summed E-state index contributed by atoms with van der Waals surface area (Å²) in [5.41, 5.74) is 2.33. The van der Waals surface area contributed by atoms with E-state index >= 15 is 0 Å². The number of morpholine rings is 1. The Labute approximate surface area is 183 Å². The van der Waals surface area contributed by atoms with Crippen LogP contribution in [0.3, 0.4) is 0 Å². The molecular weight excluding hydrogens is 396 g/mol. The molecule has 1 N–H and O–H groups in total. The SMILES string of the molecule is CCOc1cc(N2CCOCC2)c(OCC)cc1NC(=O)/C=C/c1ccccc1OC. The Morgan fingerprint density at radius 3 is 2.48 bits per heavy atom. The van der Waals surface area contributed by atoms with Crippen LogP contribution in [0.4, 0.5) is 11.4 Å². The molecule has 1 saturated heterocycles. The second-order valence-electron chi connectivity index (χ2n) is 6.85. The van der Waals surface area contributed by atoms with Gasteiger partial charge in [-0.15, -0.1) is 0 Å². The van der Waals surface area contributed by atoms with Gasteiger partial charge < -0.3 is 29.2 Å². The molecular formula is C24H30N2O5. The molecule has 0 atom stereocenters. The highest BCUT2D eigenvalue weighted by Gasteiger charge is 2.20. The van der Waals surface area contributed by atoms with Crippen molar-refractivity contribution in [3.63, 3.8) is 0 Å². The largest absolute Gasteiger partial charge is 0.496 e. The lowest BCUT2D eigenvalue weighted by Gasteiger charge is -2.31. The topological polar surface area (TPSA) is 69.3 Å². The van der Waals surface area contributed by atoms with E-state index in [1.165, 1.54) is 6.08 Å². The number of para-hydroxylation sites is 1. The van der Waals surface area contributed by atoms with E-state index in [9.17, 15) is 4.79 Å². The van der Waals surface area contributed by atoms with Crippen molar-refractivity contribution >= 4 is 23.4 Å². The summed E-state index contributed by atoms with van der Waals surface area (Å²) >= 11 is 0. The third-order valence-corrected chi connectivity index (χ3v) is 4.82. The Bertz CT molecular complexity index is 907. The molecule has 1 fully saturated rings. The molecule has 0 spiro atoms. The van der Waals surface area contributed by atoms with Crippen molar-refractivity contribution in [3.05, 3.63) is 48.0 Å². The van der Waals surface area contributed by atoms with Crippen LogP contribution in [0.2, 0.25) is 0 Å². The Balaban J connectivity index is 1.85. The fraction of sp³-hybridized carbons (Fsp3) is 0.375. The molecule has 2 aromatic carbocycles. The number of methoxy groups -OCH3 is 1. The van der Waals surface area contributed by atoms with Crippen LogP contribution in [0, 0.1) is 0 Å². The van der Waals surface area contributed by atoms with Crippen LogP contribution in [-0.2, 0) is 9.53 Å². The molecule has 1 heterocycles. The fourth-order valence-corrected chi connectivity index (χ4v) is 3.39. The summed E-state index contributed by atoms with van der Waals surface area (Å²) in [5, 5.41) is 2.92. The second-order valence-corrected chi connectivity index (χ2v) is 6.85. The third kappa shape index (κ3) is 5.92. The lowest BCUT2D eigenvalue weighted by atomic mass is 10.1. The van der Waals surface area contributed by atoms with Gasteiger partial charge in [0, 0.05) is 36.9 Å². The summed E-state index contributed by atoms with van der Waals surface area (Å²) in [6.07, 6.45) is 3.20. The molecule has 0 aromatic heterocycles. The van der Waals surface area contributed by atoms with Crippen LogP contribution in [0.15, 0.2) is 42.5 Å². The maximum Gasteiger partial charge on any atom is 0.248 e. The minimum absolute atomic E-state index is 0.270. The molecule has 1 aliphatic rings. The molecule has 0 saturated carbocycles. The van der Waals surface area contributed by atoms with E-state index in [1.54, 1.807) is 13.2 Å². The smallest absolute Gasteiger partial charge is 0.248 e. The van der Waals surface area contributed by atoms with Crippen molar-refractivity contribution in [3.8, 4) is 17.2 Å². The minimum Gasteiger partial charge on any atom is -0.496 e. The van der Waals surface area contributed by atoms with Crippen molar-refractivity contribution in [2.24, 2.45) is 0 Å². The number of nitrogens with zero attached hydrogens (tertiary/aromatic N) is 1. The molecule has 1 aliphatic heterocycles. The average molecular weight is 427 g/mol. The van der Waals surface area contributed by atoms with Crippen molar-refractivity contribution in [1.29, 1.82) is 0 Å². The van der Waals surface area contributed by atoms with Gasteiger partial charge in [-0.3, -0.25) is 4.79 Å². The zero-order valence-corrected chi connectivity index (χ0v) is 18.3. The van der Waals surface area contributed by atoms with Gasteiger partial charge in [0.15, 0.2) is 0 Å². The molecule has 2 aromatic rings. The van der Waals surface area contributed by atoms with Gasteiger partial charge in [-0.25, -0.2) is 0 Å². The summed E-state index contributed by atoms with van der Waals surface area (Å²) in [6, 6.07) is 11.3. The van der Waals surface area contributed by atoms with Gasteiger partial charge in [0.1, 0.15) is 17.2 Å². The van der Waals surface area contributed by atoms with Gasteiger partial charge in [-0.05, 0) is 26.0 Å². The summed E-state index contributed by atoms with van der Waals surface area (Å²) in [4.78, 5) is 14.8. The van der Waals surface area contributed by atoms with E-state index in [-0.39, 0.29) is 5.91 Å². The predicted molar refractivity (Wildman–Crippen MR) is 122 cm³/mol. The third-order valence-electron chi connectivity index (χ3n) is 4.82. The average Bonchev–Trinajstić information content (AvgIpc) is 2.80. The van der Waals surface area contributed by atoms with Gasteiger partial charge in [0.05, 0.1) is 44.9 Å². The lowest BCUT2D eigenvalue weighted by molar-refractivity contribution is -0.111. The van der Waals surface area contributed by atoms with E-state index in [2.05, 4.69) is 10.2 Å². The van der Waals surface area contributed by atoms with E-state index in [0.29, 0.717) is 49.4 Å². The standard InChI is InChI=1S/C24H30N2O5/c1-4-30-22-17-20(26-12-14-29-15-13-26)23(31-5-2)16-19(22)25-24(27)11-10-18-8-6-7-9-21(18)28-3/h6-11,16-17H,4-5,12-15H2,1-3H3,(H,25,27)/b11-10+. The molecule has 0 unspecified atom stereocenters. The van der Waals surface area contributed by atoms with Gasteiger partial charge >= 0.3 is 0 Å². The van der Waals surface area contributed by atoms with E-state index in [4.69, 9.17) is 18.9 Å². The van der Waals surface area contributed by atoms with Gasteiger partial charge in [0.25, 0.3) is 0 Å². The first-order chi connectivity index (χ1) is 15.2. The fourth-order valence-electron chi connectivity index (χ4n) is 3.39. The number of nitrogens with one attached hydrogen (secondary N) is 1. The predicted octanol–water partition coefficient (Wildman–Crippen LogP) is 3.98. The molecule has 7 nitrogen and oxygen atoms in total. The Kier molecular flexibility index (Phi) is 8.18. The molecule has 0 aliphatic carbocycles. The number of carbonyl (C=O) groups is 1. The molecule has 3 rings (SSSR count). The number of anilines is 2. The number of ether oxygens (including phenoxy) is 4. The van der Waals surface area contributed by atoms with Crippen molar-refractivity contribution < 1.29 is 23.7 Å². The monoisotopic (exact) mass is 426 g/mol. The lowest BCUT2D eigenvalue weighted by Crippen LogP contribution is -2.36. The highest BCUT2D eigenvalue weighted by Crippen LogP contribution is 2.39. The van der Waals surface area contributed by atoms with Gasteiger partial charge in [-0.2, -0.15) is 0 Å². The molecule has 0 radical (unpaired) electrons. The van der Waals surface area contributed by atoms with E-state index < -0.39 is 0 Å². The van der Waals surface area contributed by atoms with Crippen LogP contribution in [0.1, 0.15) is 19.4 Å². The number of hydrogen-bond acceptors (Lipinski definition) is 6. The molecule has 166 valence electrons. The second kappa shape index (κ2) is 11.3. The number of benzene rings is 2. The van der Waals surface area contributed by atoms with Crippen molar-refractivity contribution in [1.82, 2.24) is 0 Å². The maximum atomic E-state index is 12.6.